The van der Waals surface area contributed by atoms with Crippen LogP contribution >= 0.6 is 0 Å². The number of carbonyl (C=O) groups is 1. The normalized spacial score (nSPS) is 12.4. The number of benzene rings is 3. The van der Waals surface area contributed by atoms with E-state index < -0.39 is 48.7 Å². The Morgan fingerprint density at radius 2 is 1.67 bits per heavy atom. The first-order valence-electron chi connectivity index (χ1n) is 14.1. The van der Waals surface area contributed by atoms with E-state index in [1.165, 1.54) is 41.1 Å². The standard InChI is InChI=1S/C33H31F2N3O6S2/c1-33(2,3)22-11-13-28-26(16-22)29(25-9-6-14-36-31(25)39)30(38(28)18-21-10-12-23(34)17-27(21)35)32(40)37-46(43,44)24-8-5-7-20(15-24)19-45(4,41)42/h5-17H,18-19H2,1-4H3,(H,36,39)(H,37,40). The number of sulfone groups is 1. The van der Waals surface area contributed by atoms with E-state index >= 15 is 0 Å². The van der Waals surface area contributed by atoms with Crippen LogP contribution in [0.4, 0.5) is 8.78 Å². The first-order valence-corrected chi connectivity index (χ1v) is 17.6. The molecular formula is C33H31F2N3O6S2. The zero-order valence-electron chi connectivity index (χ0n) is 25.4. The highest BCUT2D eigenvalue weighted by Crippen LogP contribution is 2.37. The molecule has 2 N–H and O–H groups in total. The van der Waals surface area contributed by atoms with Crippen LogP contribution in [0.1, 0.15) is 48.0 Å². The van der Waals surface area contributed by atoms with Gasteiger partial charge in [0, 0.05) is 46.1 Å². The van der Waals surface area contributed by atoms with E-state index in [9.17, 15) is 35.2 Å². The van der Waals surface area contributed by atoms with Gasteiger partial charge in [0.1, 0.15) is 17.3 Å². The second kappa shape index (κ2) is 12.0. The van der Waals surface area contributed by atoms with Crippen LogP contribution in [-0.4, -0.2) is 38.5 Å². The number of nitrogens with zero attached hydrogens (tertiary/aromatic N) is 1. The number of hydrogen-bond acceptors (Lipinski definition) is 6. The SMILES string of the molecule is CC(C)(C)c1ccc2c(c1)c(-c1ccc[nH]c1=O)c(C(=O)NS(=O)(=O)c1cccc(CS(C)(=O)=O)c1)n2Cc1ccc(F)cc1F. The molecule has 5 aromatic rings. The topological polar surface area (TPSA) is 135 Å². The Labute approximate surface area is 264 Å². The summed E-state index contributed by atoms with van der Waals surface area (Å²) in [6.45, 7) is 5.62. The summed E-state index contributed by atoms with van der Waals surface area (Å²) in [4.78, 5) is 29.6. The smallest absolute Gasteiger partial charge is 0.282 e. The van der Waals surface area contributed by atoms with E-state index in [0.717, 1.165) is 24.0 Å². The van der Waals surface area contributed by atoms with Crippen molar-refractivity contribution in [2.75, 3.05) is 6.26 Å². The van der Waals surface area contributed by atoms with Crippen molar-refractivity contribution in [3.63, 3.8) is 0 Å². The van der Waals surface area contributed by atoms with Gasteiger partial charge in [0.2, 0.25) is 0 Å². The molecule has 46 heavy (non-hydrogen) atoms. The van der Waals surface area contributed by atoms with E-state index in [4.69, 9.17) is 0 Å². The van der Waals surface area contributed by atoms with Crippen molar-refractivity contribution in [1.29, 1.82) is 0 Å². The molecule has 0 aliphatic carbocycles. The maximum atomic E-state index is 15.0. The van der Waals surface area contributed by atoms with Crippen molar-refractivity contribution in [3.05, 3.63) is 123 Å². The Morgan fingerprint density at radius 1 is 0.935 bits per heavy atom. The summed E-state index contributed by atoms with van der Waals surface area (Å²) in [7, 11) is -8.07. The number of aromatic nitrogens is 2. The minimum atomic E-state index is -4.58. The summed E-state index contributed by atoms with van der Waals surface area (Å²) >= 11 is 0. The number of aromatic amines is 1. The van der Waals surface area contributed by atoms with Crippen LogP contribution in [0.15, 0.2) is 88.7 Å². The summed E-state index contributed by atoms with van der Waals surface area (Å²) < 4.78 is 83.0. The number of sulfonamides is 1. The summed E-state index contributed by atoms with van der Waals surface area (Å²) in [5, 5.41) is 0.435. The van der Waals surface area contributed by atoms with Crippen molar-refractivity contribution < 1.29 is 30.4 Å². The molecule has 0 aliphatic rings. The van der Waals surface area contributed by atoms with Gasteiger partial charge >= 0.3 is 0 Å². The number of pyridine rings is 1. The van der Waals surface area contributed by atoms with Crippen LogP contribution in [0.5, 0.6) is 0 Å². The van der Waals surface area contributed by atoms with Crippen LogP contribution in [0, 0.1) is 11.6 Å². The van der Waals surface area contributed by atoms with Gasteiger partial charge in [-0.15, -0.1) is 0 Å². The zero-order chi connectivity index (χ0) is 33.6. The van der Waals surface area contributed by atoms with Gasteiger partial charge in [0.25, 0.3) is 21.5 Å². The molecule has 0 aliphatic heterocycles. The number of fused-ring (bicyclic) bond motifs is 1. The van der Waals surface area contributed by atoms with Gasteiger partial charge in [-0.3, -0.25) is 9.59 Å². The number of rotatable bonds is 8. The van der Waals surface area contributed by atoms with Crippen molar-refractivity contribution in [3.8, 4) is 11.1 Å². The lowest BCUT2D eigenvalue weighted by Gasteiger charge is -2.19. The zero-order valence-corrected chi connectivity index (χ0v) is 27.0. The molecule has 13 heteroatoms. The molecule has 0 spiro atoms. The van der Waals surface area contributed by atoms with Gasteiger partial charge in [0.05, 0.1) is 17.2 Å². The maximum absolute atomic E-state index is 15.0. The second-order valence-corrected chi connectivity index (χ2v) is 15.9. The highest BCUT2D eigenvalue weighted by molar-refractivity contribution is 7.90. The number of carbonyl (C=O) groups excluding carboxylic acids is 1. The maximum Gasteiger partial charge on any atom is 0.282 e. The summed E-state index contributed by atoms with van der Waals surface area (Å²) in [5.74, 6) is -3.22. The third-order valence-electron chi connectivity index (χ3n) is 7.44. The van der Waals surface area contributed by atoms with Gasteiger partial charge in [-0.05, 0) is 59.0 Å². The van der Waals surface area contributed by atoms with E-state index in [-0.39, 0.29) is 44.8 Å². The Bertz CT molecular complexity index is 2290. The molecule has 2 heterocycles. The molecule has 2 aromatic heterocycles. The monoisotopic (exact) mass is 667 g/mol. The van der Waals surface area contributed by atoms with Gasteiger partial charge in [0.15, 0.2) is 9.84 Å². The third kappa shape index (κ3) is 6.80. The largest absolute Gasteiger partial charge is 0.331 e. The Hall–Kier alpha value is -4.62. The Morgan fingerprint density at radius 3 is 2.33 bits per heavy atom. The second-order valence-electron chi connectivity index (χ2n) is 12.1. The van der Waals surface area contributed by atoms with Gasteiger partial charge in [-0.2, -0.15) is 0 Å². The average Bonchev–Trinajstić information content (AvgIpc) is 3.26. The molecule has 0 atom stereocenters. The molecule has 0 saturated heterocycles. The fraction of sp³-hybridized carbons (Fsp3) is 0.212. The van der Waals surface area contributed by atoms with Crippen molar-refractivity contribution in [2.24, 2.45) is 0 Å². The van der Waals surface area contributed by atoms with Crippen LogP contribution in [0.3, 0.4) is 0 Å². The summed E-state index contributed by atoms with van der Waals surface area (Å²) in [6.07, 6.45) is 2.42. The predicted molar refractivity (Wildman–Crippen MR) is 172 cm³/mol. The lowest BCUT2D eigenvalue weighted by atomic mass is 9.86. The van der Waals surface area contributed by atoms with Crippen molar-refractivity contribution in [2.45, 2.75) is 43.4 Å². The van der Waals surface area contributed by atoms with Crippen LogP contribution in [-0.2, 0) is 37.6 Å². The quantitative estimate of drug-likeness (QED) is 0.231. The predicted octanol–water partition coefficient (Wildman–Crippen LogP) is 5.28. The highest BCUT2D eigenvalue weighted by atomic mass is 32.2. The average molecular weight is 668 g/mol. The lowest BCUT2D eigenvalue weighted by molar-refractivity contribution is 0.0974. The third-order valence-corrected chi connectivity index (χ3v) is 9.63. The first kappa shape index (κ1) is 32.8. The fourth-order valence-corrected chi connectivity index (χ4v) is 7.08. The lowest BCUT2D eigenvalue weighted by Crippen LogP contribution is -2.33. The van der Waals surface area contributed by atoms with Crippen LogP contribution < -0.4 is 10.3 Å². The molecule has 0 radical (unpaired) electrons. The van der Waals surface area contributed by atoms with Crippen molar-refractivity contribution in [1.82, 2.24) is 14.3 Å². The number of amides is 1. The molecule has 9 nitrogen and oxygen atoms in total. The Balaban J connectivity index is 1.76. The number of hydrogen-bond donors (Lipinski definition) is 2. The van der Waals surface area contributed by atoms with Crippen LogP contribution in [0.25, 0.3) is 22.0 Å². The number of halogens is 2. The minimum absolute atomic E-state index is 0.0112. The van der Waals surface area contributed by atoms with Crippen LogP contribution in [0.2, 0.25) is 0 Å². The fourth-order valence-electron chi connectivity index (χ4n) is 5.27. The van der Waals surface area contributed by atoms with Gasteiger partial charge < -0.3 is 9.55 Å². The molecule has 0 saturated carbocycles. The Kier molecular flexibility index (Phi) is 8.51. The molecular weight excluding hydrogens is 637 g/mol. The van der Waals surface area contributed by atoms with E-state index in [0.29, 0.717) is 17.0 Å². The molecule has 1 amide bonds. The summed E-state index contributed by atoms with van der Waals surface area (Å²) in [6, 6.07) is 16.5. The van der Waals surface area contributed by atoms with E-state index in [1.54, 1.807) is 18.2 Å². The molecule has 3 aromatic carbocycles. The van der Waals surface area contributed by atoms with Crippen molar-refractivity contribution >= 4 is 36.7 Å². The van der Waals surface area contributed by atoms with Gasteiger partial charge in [-0.1, -0.05) is 45.0 Å². The molecule has 0 fully saturated rings. The molecule has 0 unspecified atom stereocenters. The minimum Gasteiger partial charge on any atom is -0.331 e. The highest BCUT2D eigenvalue weighted by Gasteiger charge is 2.30. The van der Waals surface area contributed by atoms with E-state index in [2.05, 4.69) is 9.71 Å². The number of H-pyrrole nitrogens is 1. The molecule has 240 valence electrons. The van der Waals surface area contributed by atoms with Gasteiger partial charge in [-0.25, -0.2) is 30.3 Å². The molecule has 0 bridgehead atoms. The van der Waals surface area contributed by atoms with E-state index in [1.807, 2.05) is 26.8 Å². The summed E-state index contributed by atoms with van der Waals surface area (Å²) in [5.41, 5.74) is 0.468. The first-order chi connectivity index (χ1) is 21.4. The molecule has 5 rings (SSSR count). The number of nitrogens with one attached hydrogen (secondary N) is 2.